The first-order chi connectivity index (χ1) is 12.8. The van der Waals surface area contributed by atoms with Crippen molar-refractivity contribution >= 4 is 5.69 Å². The second-order valence-corrected chi connectivity index (χ2v) is 8.30. The molecular weight excluding hydrogens is 343 g/mol. The molecule has 3 rings (SSSR count). The predicted molar refractivity (Wildman–Crippen MR) is 105 cm³/mol. The summed E-state index contributed by atoms with van der Waals surface area (Å²) in [6.07, 6.45) is 0.966. The van der Waals surface area contributed by atoms with Gasteiger partial charge < -0.3 is 4.90 Å². The molecule has 2 heterocycles. The number of benzene rings is 1. The van der Waals surface area contributed by atoms with Gasteiger partial charge in [-0.1, -0.05) is 20.8 Å². The summed E-state index contributed by atoms with van der Waals surface area (Å²) in [5.74, 6) is 1.16. The van der Waals surface area contributed by atoms with Crippen LogP contribution in [0.3, 0.4) is 0 Å². The molecule has 0 amide bonds. The maximum Gasteiger partial charge on any atom is 0.169 e. The van der Waals surface area contributed by atoms with E-state index in [0.29, 0.717) is 5.92 Å². The Morgan fingerprint density at radius 2 is 1.70 bits per heavy atom. The van der Waals surface area contributed by atoms with E-state index in [4.69, 9.17) is 0 Å². The van der Waals surface area contributed by atoms with Crippen LogP contribution in [-0.2, 0) is 5.54 Å². The molecule has 1 fully saturated rings. The zero-order valence-electron chi connectivity index (χ0n) is 17.1. The number of aromatic nitrogens is 4. The summed E-state index contributed by atoms with van der Waals surface area (Å²) < 4.78 is 15.2. The molecule has 1 unspecified atom stereocenters. The topological polar surface area (TPSA) is 50.1 Å². The van der Waals surface area contributed by atoms with Crippen molar-refractivity contribution in [3.63, 3.8) is 0 Å². The van der Waals surface area contributed by atoms with Gasteiger partial charge in [0.2, 0.25) is 0 Å². The van der Waals surface area contributed by atoms with Gasteiger partial charge in [-0.25, -0.2) is 9.07 Å². The fraction of sp³-hybridized carbons (Fsp3) is 0.650. The predicted octanol–water partition coefficient (Wildman–Crippen LogP) is 3.48. The Bertz CT molecular complexity index is 731. The minimum absolute atomic E-state index is 0.109. The fourth-order valence-corrected chi connectivity index (χ4v) is 3.75. The van der Waals surface area contributed by atoms with Crippen LogP contribution >= 0.6 is 0 Å². The minimum atomic E-state index is -0.192. The highest BCUT2D eigenvalue weighted by Crippen LogP contribution is 2.31. The van der Waals surface area contributed by atoms with E-state index in [9.17, 15) is 4.39 Å². The third-order valence-electron chi connectivity index (χ3n) is 5.73. The Morgan fingerprint density at radius 1 is 1.07 bits per heavy atom. The number of halogens is 1. The molecule has 6 nitrogen and oxygen atoms in total. The van der Waals surface area contributed by atoms with Crippen LogP contribution in [0.1, 0.15) is 52.9 Å². The Balaban J connectivity index is 1.77. The van der Waals surface area contributed by atoms with Gasteiger partial charge in [-0.2, -0.15) is 0 Å². The number of hydrogen-bond acceptors (Lipinski definition) is 5. The van der Waals surface area contributed by atoms with Crippen LogP contribution in [0.25, 0.3) is 0 Å². The third kappa shape index (κ3) is 4.13. The third-order valence-corrected chi connectivity index (χ3v) is 5.73. The average molecular weight is 375 g/mol. The highest BCUT2D eigenvalue weighted by Gasteiger charge is 2.34. The van der Waals surface area contributed by atoms with Crippen molar-refractivity contribution in [2.75, 3.05) is 31.1 Å². The minimum Gasteiger partial charge on any atom is -0.369 e. The molecule has 1 aromatic carbocycles. The normalized spacial score (nSPS) is 17.5. The van der Waals surface area contributed by atoms with E-state index in [1.807, 2.05) is 16.8 Å². The molecule has 1 atom stereocenters. The summed E-state index contributed by atoms with van der Waals surface area (Å²) in [6.45, 7) is 14.7. The van der Waals surface area contributed by atoms with E-state index >= 15 is 0 Å². The number of nitrogens with zero attached hydrogens (tertiary/aromatic N) is 6. The lowest BCUT2D eigenvalue weighted by Crippen LogP contribution is -2.49. The van der Waals surface area contributed by atoms with Crippen molar-refractivity contribution in [1.29, 1.82) is 0 Å². The fourth-order valence-electron chi connectivity index (χ4n) is 3.75. The molecule has 1 aliphatic rings. The molecule has 0 saturated carbocycles. The van der Waals surface area contributed by atoms with E-state index in [-0.39, 0.29) is 17.4 Å². The largest absolute Gasteiger partial charge is 0.369 e. The summed E-state index contributed by atoms with van der Waals surface area (Å²) in [5, 5.41) is 12.7. The van der Waals surface area contributed by atoms with Gasteiger partial charge in [0.25, 0.3) is 0 Å². The summed E-state index contributed by atoms with van der Waals surface area (Å²) in [4.78, 5) is 4.80. The molecular formula is C20H31FN6. The SMILES string of the molecule is CCC(C)(C)n1nnnc1C(C(C)C)N1CCN(c2ccc(F)cc2)CC1. The summed E-state index contributed by atoms with van der Waals surface area (Å²) in [5.41, 5.74) is 0.969. The van der Waals surface area contributed by atoms with Crippen LogP contribution in [0, 0.1) is 11.7 Å². The van der Waals surface area contributed by atoms with Crippen molar-refractivity contribution in [3.05, 3.63) is 35.9 Å². The number of rotatable bonds is 6. The number of piperazine rings is 1. The first-order valence-electron chi connectivity index (χ1n) is 9.87. The maximum atomic E-state index is 13.2. The monoisotopic (exact) mass is 374 g/mol. The molecule has 1 aromatic heterocycles. The molecule has 148 valence electrons. The van der Waals surface area contributed by atoms with Crippen molar-refractivity contribution in [2.24, 2.45) is 5.92 Å². The van der Waals surface area contributed by atoms with Crippen LogP contribution in [0.2, 0.25) is 0 Å². The van der Waals surface area contributed by atoms with Gasteiger partial charge in [0.15, 0.2) is 5.82 Å². The zero-order valence-corrected chi connectivity index (χ0v) is 17.1. The van der Waals surface area contributed by atoms with E-state index in [1.165, 1.54) is 12.1 Å². The number of hydrogen-bond donors (Lipinski definition) is 0. The summed E-state index contributed by atoms with van der Waals surface area (Å²) in [6, 6.07) is 6.95. The molecule has 0 spiro atoms. The molecule has 2 aromatic rings. The zero-order chi connectivity index (χ0) is 19.6. The van der Waals surface area contributed by atoms with Crippen LogP contribution in [0.4, 0.5) is 10.1 Å². The van der Waals surface area contributed by atoms with E-state index in [2.05, 4.69) is 59.9 Å². The van der Waals surface area contributed by atoms with Crippen molar-refractivity contribution < 1.29 is 4.39 Å². The van der Waals surface area contributed by atoms with E-state index in [0.717, 1.165) is 44.1 Å². The highest BCUT2D eigenvalue weighted by molar-refractivity contribution is 5.46. The van der Waals surface area contributed by atoms with Crippen LogP contribution in [0.5, 0.6) is 0 Å². The number of anilines is 1. The lowest BCUT2D eigenvalue weighted by atomic mass is 9.97. The molecule has 1 aliphatic heterocycles. The standard InChI is InChI=1S/C20H31FN6/c1-6-20(4,5)27-19(22-23-24-27)18(15(2)3)26-13-11-25(12-14-26)17-9-7-16(21)8-10-17/h7-10,15,18H,6,11-14H2,1-5H3. The Kier molecular flexibility index (Phi) is 5.79. The Morgan fingerprint density at radius 3 is 2.26 bits per heavy atom. The second-order valence-electron chi connectivity index (χ2n) is 8.30. The van der Waals surface area contributed by atoms with Crippen molar-refractivity contribution in [2.45, 2.75) is 52.6 Å². The van der Waals surface area contributed by atoms with Crippen molar-refractivity contribution in [3.8, 4) is 0 Å². The Labute approximate surface area is 161 Å². The molecule has 0 radical (unpaired) electrons. The molecule has 7 heteroatoms. The lowest BCUT2D eigenvalue weighted by Gasteiger charge is -2.41. The maximum absolute atomic E-state index is 13.2. The first kappa shape index (κ1) is 19.7. The lowest BCUT2D eigenvalue weighted by molar-refractivity contribution is 0.126. The van der Waals surface area contributed by atoms with Gasteiger partial charge >= 0.3 is 0 Å². The van der Waals surface area contributed by atoms with Gasteiger partial charge in [-0.05, 0) is 60.9 Å². The van der Waals surface area contributed by atoms with Crippen LogP contribution < -0.4 is 4.90 Å². The second kappa shape index (κ2) is 7.92. The smallest absolute Gasteiger partial charge is 0.169 e. The van der Waals surface area contributed by atoms with Crippen LogP contribution in [-0.4, -0.2) is 51.3 Å². The first-order valence-corrected chi connectivity index (χ1v) is 9.87. The van der Waals surface area contributed by atoms with Crippen molar-refractivity contribution in [1.82, 2.24) is 25.1 Å². The van der Waals surface area contributed by atoms with Gasteiger partial charge in [-0.15, -0.1) is 5.10 Å². The summed E-state index contributed by atoms with van der Waals surface area (Å²) >= 11 is 0. The van der Waals surface area contributed by atoms with Gasteiger partial charge in [0, 0.05) is 31.9 Å². The average Bonchev–Trinajstić information content (AvgIpc) is 3.13. The van der Waals surface area contributed by atoms with Gasteiger partial charge in [-0.3, -0.25) is 4.90 Å². The molecule has 27 heavy (non-hydrogen) atoms. The van der Waals surface area contributed by atoms with E-state index in [1.54, 1.807) is 0 Å². The number of tetrazole rings is 1. The molecule has 0 N–H and O–H groups in total. The van der Waals surface area contributed by atoms with Gasteiger partial charge in [0.05, 0.1) is 11.6 Å². The Hall–Kier alpha value is -2.02. The van der Waals surface area contributed by atoms with E-state index < -0.39 is 0 Å². The highest BCUT2D eigenvalue weighted by atomic mass is 19.1. The summed E-state index contributed by atoms with van der Waals surface area (Å²) in [7, 11) is 0. The molecule has 1 saturated heterocycles. The molecule has 0 bridgehead atoms. The van der Waals surface area contributed by atoms with Crippen LogP contribution in [0.15, 0.2) is 24.3 Å². The molecule has 0 aliphatic carbocycles. The van der Waals surface area contributed by atoms with Gasteiger partial charge in [0.1, 0.15) is 5.82 Å². The quantitative estimate of drug-likeness (QED) is 0.775.